The van der Waals surface area contributed by atoms with Crippen LogP contribution in [0.1, 0.15) is 16.7 Å². The van der Waals surface area contributed by atoms with Gasteiger partial charge in [0.25, 0.3) is 0 Å². The van der Waals surface area contributed by atoms with Crippen LogP contribution in [0.15, 0.2) is 40.9 Å². The second-order valence-corrected chi connectivity index (χ2v) is 5.39. The third-order valence-electron chi connectivity index (χ3n) is 2.69. The molecule has 0 bridgehead atoms. The van der Waals surface area contributed by atoms with Gasteiger partial charge in [-0.1, -0.05) is 45.3 Å². The number of aryl methyl sites for hydroxylation is 2. The highest BCUT2D eigenvalue weighted by atomic mass is 79.9. The van der Waals surface area contributed by atoms with Gasteiger partial charge in [0.1, 0.15) is 5.82 Å². The van der Waals surface area contributed by atoms with E-state index in [9.17, 15) is 4.39 Å². The normalized spacial score (nSPS) is 10.4. The smallest absolute Gasteiger partial charge is 0.146 e. The quantitative estimate of drug-likeness (QED) is 0.857. The van der Waals surface area contributed by atoms with Crippen molar-refractivity contribution in [3.05, 3.63) is 63.4 Å². The molecular formula is C15H15BrFN. The molecule has 0 aliphatic carbocycles. The van der Waals surface area contributed by atoms with Gasteiger partial charge in [0, 0.05) is 11.0 Å². The van der Waals surface area contributed by atoms with Crippen molar-refractivity contribution >= 4 is 21.6 Å². The summed E-state index contributed by atoms with van der Waals surface area (Å²) in [6.07, 6.45) is 0. The van der Waals surface area contributed by atoms with Crippen molar-refractivity contribution in [3.63, 3.8) is 0 Å². The second kappa shape index (κ2) is 5.53. The van der Waals surface area contributed by atoms with Gasteiger partial charge in [-0.3, -0.25) is 0 Å². The maximum absolute atomic E-state index is 13.5. The third kappa shape index (κ3) is 3.33. The SMILES string of the molecule is Cc1cc(C)cc(CNc2cc(Br)ccc2F)c1. The zero-order valence-electron chi connectivity index (χ0n) is 10.4. The predicted octanol–water partition coefficient (Wildman–Crippen LogP) is 4.82. The van der Waals surface area contributed by atoms with E-state index in [1.807, 2.05) is 0 Å². The van der Waals surface area contributed by atoms with Crippen LogP contribution in [0.5, 0.6) is 0 Å². The summed E-state index contributed by atoms with van der Waals surface area (Å²) in [6.45, 7) is 4.75. The Kier molecular flexibility index (Phi) is 4.02. The molecule has 1 nitrogen and oxygen atoms in total. The molecule has 2 rings (SSSR count). The minimum Gasteiger partial charge on any atom is -0.379 e. The van der Waals surface area contributed by atoms with Crippen LogP contribution < -0.4 is 5.32 Å². The molecule has 0 aromatic heterocycles. The lowest BCUT2D eigenvalue weighted by atomic mass is 10.1. The molecule has 1 N–H and O–H groups in total. The number of anilines is 1. The van der Waals surface area contributed by atoms with Crippen LogP contribution in [0.2, 0.25) is 0 Å². The van der Waals surface area contributed by atoms with Crippen molar-refractivity contribution in [2.24, 2.45) is 0 Å². The van der Waals surface area contributed by atoms with Crippen LogP contribution in [-0.2, 0) is 6.54 Å². The van der Waals surface area contributed by atoms with E-state index in [2.05, 4.69) is 53.3 Å². The lowest BCUT2D eigenvalue weighted by Gasteiger charge is -2.09. The number of hydrogen-bond acceptors (Lipinski definition) is 1. The second-order valence-electron chi connectivity index (χ2n) is 4.47. The van der Waals surface area contributed by atoms with E-state index < -0.39 is 0 Å². The van der Waals surface area contributed by atoms with Crippen LogP contribution in [0, 0.1) is 19.7 Å². The highest BCUT2D eigenvalue weighted by molar-refractivity contribution is 9.10. The van der Waals surface area contributed by atoms with E-state index >= 15 is 0 Å². The van der Waals surface area contributed by atoms with Gasteiger partial charge in [0.05, 0.1) is 5.69 Å². The Labute approximate surface area is 115 Å². The van der Waals surface area contributed by atoms with Crippen LogP contribution >= 0.6 is 15.9 Å². The van der Waals surface area contributed by atoms with Gasteiger partial charge >= 0.3 is 0 Å². The molecule has 0 aliphatic rings. The number of halogens is 2. The molecule has 0 unspecified atom stereocenters. The van der Waals surface area contributed by atoms with Crippen LogP contribution in [0.4, 0.5) is 10.1 Å². The van der Waals surface area contributed by atoms with Crippen LogP contribution in [-0.4, -0.2) is 0 Å². The van der Waals surface area contributed by atoms with E-state index in [-0.39, 0.29) is 5.82 Å². The fourth-order valence-electron chi connectivity index (χ4n) is 2.00. The molecule has 3 heteroatoms. The largest absolute Gasteiger partial charge is 0.379 e. The molecule has 0 fully saturated rings. The molecule has 2 aromatic rings. The molecule has 0 saturated carbocycles. The lowest BCUT2D eigenvalue weighted by Crippen LogP contribution is -2.02. The molecule has 0 amide bonds. The summed E-state index contributed by atoms with van der Waals surface area (Å²) in [4.78, 5) is 0. The Morgan fingerprint density at radius 2 is 1.72 bits per heavy atom. The molecule has 0 spiro atoms. The van der Waals surface area contributed by atoms with Gasteiger partial charge in [0.2, 0.25) is 0 Å². The molecule has 18 heavy (non-hydrogen) atoms. The Balaban J connectivity index is 2.13. The topological polar surface area (TPSA) is 12.0 Å². The standard InChI is InChI=1S/C15H15BrFN/c1-10-5-11(2)7-12(6-10)9-18-15-8-13(16)3-4-14(15)17/h3-8,18H,9H2,1-2H3. The molecular weight excluding hydrogens is 293 g/mol. The number of hydrogen-bond donors (Lipinski definition) is 1. The molecule has 0 aliphatic heterocycles. The van der Waals surface area contributed by atoms with Crippen molar-refractivity contribution < 1.29 is 4.39 Å². The molecule has 94 valence electrons. The third-order valence-corrected chi connectivity index (χ3v) is 3.19. The Morgan fingerprint density at radius 3 is 2.39 bits per heavy atom. The minimum absolute atomic E-state index is 0.234. The highest BCUT2D eigenvalue weighted by Crippen LogP contribution is 2.21. The first kappa shape index (κ1) is 13.1. The van der Waals surface area contributed by atoms with E-state index in [4.69, 9.17) is 0 Å². The molecule has 0 atom stereocenters. The van der Waals surface area contributed by atoms with Crippen LogP contribution in [0.25, 0.3) is 0 Å². The number of benzene rings is 2. The summed E-state index contributed by atoms with van der Waals surface area (Å²) in [5.41, 5.74) is 4.12. The van der Waals surface area contributed by atoms with Crippen molar-refractivity contribution in [1.82, 2.24) is 0 Å². The van der Waals surface area contributed by atoms with Gasteiger partial charge in [-0.2, -0.15) is 0 Å². The zero-order chi connectivity index (χ0) is 13.1. The Morgan fingerprint density at radius 1 is 1.06 bits per heavy atom. The summed E-state index contributed by atoms with van der Waals surface area (Å²) in [7, 11) is 0. The molecule has 0 radical (unpaired) electrons. The first-order valence-electron chi connectivity index (χ1n) is 5.81. The summed E-state index contributed by atoms with van der Waals surface area (Å²) >= 11 is 3.34. The van der Waals surface area contributed by atoms with Crippen molar-refractivity contribution in [1.29, 1.82) is 0 Å². The van der Waals surface area contributed by atoms with Crippen molar-refractivity contribution in [3.8, 4) is 0 Å². The van der Waals surface area contributed by atoms with Gasteiger partial charge in [-0.25, -0.2) is 4.39 Å². The fourth-order valence-corrected chi connectivity index (χ4v) is 2.36. The predicted molar refractivity (Wildman–Crippen MR) is 77.3 cm³/mol. The van der Waals surface area contributed by atoms with Gasteiger partial charge in [0.15, 0.2) is 0 Å². The maximum atomic E-state index is 13.5. The van der Waals surface area contributed by atoms with E-state index in [0.717, 1.165) is 10.0 Å². The van der Waals surface area contributed by atoms with Crippen molar-refractivity contribution in [2.45, 2.75) is 20.4 Å². The number of rotatable bonds is 3. The van der Waals surface area contributed by atoms with Gasteiger partial charge < -0.3 is 5.32 Å². The molecule has 2 aromatic carbocycles. The summed E-state index contributed by atoms with van der Waals surface area (Å²) < 4.78 is 14.4. The molecule has 0 heterocycles. The fraction of sp³-hybridized carbons (Fsp3) is 0.200. The molecule has 0 saturated heterocycles. The Hall–Kier alpha value is -1.35. The summed E-state index contributed by atoms with van der Waals surface area (Å²) in [5, 5.41) is 3.12. The van der Waals surface area contributed by atoms with Gasteiger partial charge in [-0.15, -0.1) is 0 Å². The first-order chi connectivity index (χ1) is 8.54. The zero-order valence-corrected chi connectivity index (χ0v) is 12.0. The summed E-state index contributed by atoms with van der Waals surface area (Å²) in [6, 6.07) is 11.2. The minimum atomic E-state index is -0.234. The summed E-state index contributed by atoms with van der Waals surface area (Å²) in [5.74, 6) is -0.234. The van der Waals surface area contributed by atoms with Gasteiger partial charge in [-0.05, 0) is 37.6 Å². The first-order valence-corrected chi connectivity index (χ1v) is 6.60. The van der Waals surface area contributed by atoms with E-state index in [1.165, 1.54) is 17.2 Å². The average Bonchev–Trinajstić information content (AvgIpc) is 2.29. The highest BCUT2D eigenvalue weighted by Gasteiger charge is 2.03. The number of nitrogens with one attached hydrogen (secondary N) is 1. The maximum Gasteiger partial charge on any atom is 0.146 e. The van der Waals surface area contributed by atoms with Crippen LogP contribution in [0.3, 0.4) is 0 Å². The Bertz CT molecular complexity index is 546. The van der Waals surface area contributed by atoms with E-state index in [1.54, 1.807) is 12.1 Å². The van der Waals surface area contributed by atoms with Crippen molar-refractivity contribution in [2.75, 3.05) is 5.32 Å². The lowest BCUT2D eigenvalue weighted by molar-refractivity contribution is 0.630. The average molecular weight is 308 g/mol. The van der Waals surface area contributed by atoms with E-state index in [0.29, 0.717) is 12.2 Å². The monoisotopic (exact) mass is 307 g/mol.